The molecule has 1 unspecified atom stereocenters. The molecule has 0 saturated carbocycles. The van der Waals surface area contributed by atoms with E-state index in [4.69, 9.17) is 0 Å². The van der Waals surface area contributed by atoms with Gasteiger partial charge in [-0.3, -0.25) is 4.90 Å². The van der Waals surface area contributed by atoms with Gasteiger partial charge in [-0.25, -0.2) is 8.78 Å². The fourth-order valence-corrected chi connectivity index (χ4v) is 2.86. The quantitative estimate of drug-likeness (QED) is 0.726. The Labute approximate surface area is 115 Å². The SMILES string of the molecule is CC1CCCCCN1Cc1c(F)ccc(Br)c1F. The van der Waals surface area contributed by atoms with Gasteiger partial charge in [0.15, 0.2) is 0 Å². The van der Waals surface area contributed by atoms with E-state index >= 15 is 0 Å². The molecule has 1 aliphatic rings. The predicted octanol–water partition coefficient (Wildman–Crippen LogP) is 4.49. The summed E-state index contributed by atoms with van der Waals surface area (Å²) in [6.07, 6.45) is 4.64. The second kappa shape index (κ2) is 6.11. The van der Waals surface area contributed by atoms with E-state index in [1.54, 1.807) is 0 Å². The molecule has 2 rings (SSSR count). The summed E-state index contributed by atoms with van der Waals surface area (Å²) in [6, 6.07) is 3.13. The molecule has 1 saturated heterocycles. The molecule has 18 heavy (non-hydrogen) atoms. The number of rotatable bonds is 2. The van der Waals surface area contributed by atoms with Gasteiger partial charge in [0.25, 0.3) is 0 Å². The first-order valence-electron chi connectivity index (χ1n) is 6.46. The van der Waals surface area contributed by atoms with Crippen LogP contribution < -0.4 is 0 Å². The number of hydrogen-bond donors (Lipinski definition) is 0. The first kappa shape index (κ1) is 13.9. The van der Waals surface area contributed by atoms with Gasteiger partial charge < -0.3 is 0 Å². The predicted molar refractivity (Wildman–Crippen MR) is 72.4 cm³/mol. The highest BCUT2D eigenvalue weighted by Crippen LogP contribution is 2.25. The van der Waals surface area contributed by atoms with E-state index in [1.807, 2.05) is 0 Å². The highest BCUT2D eigenvalue weighted by Gasteiger charge is 2.21. The van der Waals surface area contributed by atoms with Crippen LogP contribution in [0.15, 0.2) is 16.6 Å². The highest BCUT2D eigenvalue weighted by molar-refractivity contribution is 9.10. The van der Waals surface area contributed by atoms with Crippen molar-refractivity contribution in [2.24, 2.45) is 0 Å². The number of halogens is 3. The Bertz CT molecular complexity index is 423. The lowest BCUT2D eigenvalue weighted by atomic mass is 10.1. The molecule has 0 aliphatic carbocycles. The molecule has 1 aromatic carbocycles. The third-order valence-electron chi connectivity index (χ3n) is 3.69. The molecule has 0 radical (unpaired) electrons. The number of hydrogen-bond acceptors (Lipinski definition) is 1. The van der Waals surface area contributed by atoms with E-state index in [0.29, 0.717) is 17.1 Å². The van der Waals surface area contributed by atoms with Gasteiger partial charge in [-0.2, -0.15) is 0 Å². The van der Waals surface area contributed by atoms with E-state index in [1.165, 1.54) is 25.0 Å². The Morgan fingerprint density at radius 1 is 1.28 bits per heavy atom. The number of benzene rings is 1. The molecule has 1 aromatic rings. The lowest BCUT2D eigenvalue weighted by molar-refractivity contribution is 0.199. The Hall–Kier alpha value is -0.480. The zero-order valence-electron chi connectivity index (χ0n) is 10.6. The van der Waals surface area contributed by atoms with Crippen LogP contribution in [0, 0.1) is 11.6 Å². The van der Waals surface area contributed by atoms with Crippen molar-refractivity contribution in [3.63, 3.8) is 0 Å². The molecule has 1 aliphatic heterocycles. The molecule has 0 amide bonds. The molecule has 4 heteroatoms. The smallest absolute Gasteiger partial charge is 0.144 e. The average Bonchev–Trinajstić information content (AvgIpc) is 2.55. The summed E-state index contributed by atoms with van der Waals surface area (Å²) in [5, 5.41) is 0. The van der Waals surface area contributed by atoms with E-state index in [2.05, 4.69) is 27.8 Å². The molecule has 0 spiro atoms. The van der Waals surface area contributed by atoms with Crippen LogP contribution in [0.25, 0.3) is 0 Å². The molecule has 0 N–H and O–H groups in total. The van der Waals surface area contributed by atoms with Crippen LogP contribution in [0.4, 0.5) is 8.78 Å². The topological polar surface area (TPSA) is 3.24 Å². The van der Waals surface area contributed by atoms with Crippen molar-refractivity contribution in [2.75, 3.05) is 6.54 Å². The minimum absolute atomic E-state index is 0.179. The van der Waals surface area contributed by atoms with Gasteiger partial charge in [-0.05, 0) is 54.4 Å². The molecular weight excluding hydrogens is 300 g/mol. The maximum Gasteiger partial charge on any atom is 0.144 e. The summed E-state index contributed by atoms with van der Waals surface area (Å²) in [6.45, 7) is 3.42. The Balaban J connectivity index is 2.19. The normalized spacial score (nSPS) is 21.9. The molecule has 1 fully saturated rings. The Kier molecular flexibility index (Phi) is 4.73. The fourth-order valence-electron chi connectivity index (χ4n) is 2.49. The van der Waals surface area contributed by atoms with Crippen LogP contribution in [0.3, 0.4) is 0 Å². The monoisotopic (exact) mass is 317 g/mol. The zero-order chi connectivity index (χ0) is 13.1. The van der Waals surface area contributed by atoms with E-state index < -0.39 is 11.6 Å². The fraction of sp³-hybridized carbons (Fsp3) is 0.571. The maximum atomic E-state index is 13.9. The summed E-state index contributed by atoms with van der Waals surface area (Å²) in [5.41, 5.74) is 0.179. The van der Waals surface area contributed by atoms with E-state index in [0.717, 1.165) is 19.4 Å². The highest BCUT2D eigenvalue weighted by atomic mass is 79.9. The van der Waals surface area contributed by atoms with Crippen molar-refractivity contribution in [2.45, 2.75) is 45.2 Å². The molecule has 1 heterocycles. The van der Waals surface area contributed by atoms with Gasteiger partial charge in [-0.1, -0.05) is 12.8 Å². The molecule has 0 aromatic heterocycles. The van der Waals surface area contributed by atoms with Crippen molar-refractivity contribution < 1.29 is 8.78 Å². The second-order valence-corrected chi connectivity index (χ2v) is 5.84. The van der Waals surface area contributed by atoms with Crippen molar-refractivity contribution in [1.29, 1.82) is 0 Å². The minimum atomic E-state index is -0.466. The Morgan fingerprint density at radius 2 is 2.06 bits per heavy atom. The van der Waals surface area contributed by atoms with Crippen molar-refractivity contribution in [3.8, 4) is 0 Å². The van der Waals surface area contributed by atoms with Crippen LogP contribution in [0.1, 0.15) is 38.2 Å². The van der Waals surface area contributed by atoms with Crippen LogP contribution in [-0.4, -0.2) is 17.5 Å². The molecule has 1 nitrogen and oxygen atoms in total. The van der Waals surface area contributed by atoms with Crippen molar-refractivity contribution in [1.82, 2.24) is 4.90 Å². The lowest BCUT2D eigenvalue weighted by Crippen LogP contribution is -2.32. The minimum Gasteiger partial charge on any atom is -0.296 e. The van der Waals surface area contributed by atoms with Gasteiger partial charge >= 0.3 is 0 Å². The van der Waals surface area contributed by atoms with E-state index in [9.17, 15) is 8.78 Å². The van der Waals surface area contributed by atoms with Crippen LogP contribution >= 0.6 is 15.9 Å². The molecular formula is C14H18BrF2N. The first-order chi connectivity index (χ1) is 8.59. The summed E-state index contributed by atoms with van der Waals surface area (Å²) >= 11 is 3.12. The zero-order valence-corrected chi connectivity index (χ0v) is 12.1. The summed E-state index contributed by atoms with van der Waals surface area (Å²) in [5.74, 6) is -0.918. The van der Waals surface area contributed by atoms with Gasteiger partial charge in [-0.15, -0.1) is 0 Å². The van der Waals surface area contributed by atoms with Crippen LogP contribution in [-0.2, 0) is 6.54 Å². The Morgan fingerprint density at radius 3 is 2.83 bits per heavy atom. The van der Waals surface area contributed by atoms with Gasteiger partial charge in [0.05, 0.1) is 4.47 Å². The standard InChI is InChI=1S/C14H18BrF2N/c1-10-5-3-2-4-8-18(10)9-11-13(16)7-6-12(15)14(11)17/h6-7,10H,2-5,8-9H2,1H3. The molecule has 1 atom stereocenters. The van der Waals surface area contributed by atoms with Gasteiger partial charge in [0.1, 0.15) is 11.6 Å². The summed E-state index contributed by atoms with van der Waals surface area (Å²) < 4.78 is 28.0. The van der Waals surface area contributed by atoms with Crippen molar-refractivity contribution >= 4 is 15.9 Å². The average molecular weight is 318 g/mol. The maximum absolute atomic E-state index is 13.9. The van der Waals surface area contributed by atoms with Gasteiger partial charge in [0.2, 0.25) is 0 Å². The third-order valence-corrected chi connectivity index (χ3v) is 4.30. The third kappa shape index (κ3) is 3.09. The number of nitrogens with zero attached hydrogens (tertiary/aromatic N) is 1. The molecule has 100 valence electrons. The lowest BCUT2D eigenvalue weighted by Gasteiger charge is -2.27. The van der Waals surface area contributed by atoms with Crippen molar-refractivity contribution in [3.05, 3.63) is 33.8 Å². The van der Waals surface area contributed by atoms with Crippen LogP contribution in [0.2, 0.25) is 0 Å². The first-order valence-corrected chi connectivity index (χ1v) is 7.25. The summed E-state index contributed by atoms with van der Waals surface area (Å²) in [7, 11) is 0. The molecule has 0 bridgehead atoms. The van der Waals surface area contributed by atoms with Gasteiger partial charge in [0, 0.05) is 18.2 Å². The van der Waals surface area contributed by atoms with Crippen LogP contribution in [0.5, 0.6) is 0 Å². The summed E-state index contributed by atoms with van der Waals surface area (Å²) in [4.78, 5) is 2.18. The van der Waals surface area contributed by atoms with E-state index in [-0.39, 0.29) is 5.56 Å². The largest absolute Gasteiger partial charge is 0.296 e. The second-order valence-electron chi connectivity index (χ2n) is 4.99. The number of likely N-dealkylation sites (tertiary alicyclic amines) is 1.